The van der Waals surface area contributed by atoms with Crippen LogP contribution in [0.25, 0.3) is 0 Å². The van der Waals surface area contributed by atoms with E-state index < -0.39 is 0 Å². The van der Waals surface area contributed by atoms with Gasteiger partial charge in [-0.1, -0.05) is 24.6 Å². The maximum absolute atomic E-state index is 10.8. The molecule has 3 heteroatoms. The van der Waals surface area contributed by atoms with Crippen LogP contribution in [0.1, 0.15) is 20.8 Å². The highest BCUT2D eigenvalue weighted by molar-refractivity contribution is 5.76. The number of rotatable bonds is 3. The van der Waals surface area contributed by atoms with Crippen molar-refractivity contribution in [2.24, 2.45) is 11.8 Å². The van der Waals surface area contributed by atoms with Crippen molar-refractivity contribution < 1.29 is 14.3 Å². The Morgan fingerprint density at radius 1 is 1.53 bits per heavy atom. The van der Waals surface area contributed by atoms with Gasteiger partial charge in [0.15, 0.2) is 0 Å². The van der Waals surface area contributed by atoms with E-state index in [9.17, 15) is 9.59 Å². The van der Waals surface area contributed by atoms with E-state index in [2.05, 4.69) is 0 Å². The largest absolute Gasteiger partial charge is 0.465 e. The van der Waals surface area contributed by atoms with Gasteiger partial charge in [-0.25, -0.2) is 0 Å². The predicted molar refractivity (Wildman–Crippen MR) is 57.2 cm³/mol. The number of esters is 1. The lowest BCUT2D eigenvalue weighted by Gasteiger charge is -2.27. The van der Waals surface area contributed by atoms with Crippen LogP contribution in [0.3, 0.4) is 0 Å². The zero-order chi connectivity index (χ0) is 11.4. The van der Waals surface area contributed by atoms with Crippen molar-refractivity contribution in [2.75, 3.05) is 6.61 Å². The highest BCUT2D eigenvalue weighted by atomic mass is 16.5. The molecule has 0 amide bonds. The number of ether oxygens (including phenoxy) is 1. The monoisotopic (exact) mass is 208 g/mol. The molecule has 0 aromatic carbocycles. The first-order chi connectivity index (χ1) is 7.06. The number of hydrogen-bond acceptors (Lipinski definition) is 3. The Kier molecular flexibility index (Phi) is 3.83. The lowest BCUT2D eigenvalue weighted by Crippen LogP contribution is -2.25. The maximum atomic E-state index is 10.8. The fourth-order valence-electron chi connectivity index (χ4n) is 1.68. The maximum Gasteiger partial charge on any atom is 0.302 e. The molecule has 82 valence electrons. The molecule has 1 rings (SSSR count). The molecule has 0 spiro atoms. The van der Waals surface area contributed by atoms with Crippen molar-refractivity contribution >= 4 is 12.3 Å². The van der Waals surface area contributed by atoms with Crippen LogP contribution in [-0.2, 0) is 14.3 Å². The molecule has 0 aromatic heterocycles. The van der Waals surface area contributed by atoms with Gasteiger partial charge in [-0.2, -0.15) is 0 Å². The summed E-state index contributed by atoms with van der Waals surface area (Å²) in [4.78, 5) is 21.6. The highest BCUT2D eigenvalue weighted by Gasteiger charge is 2.25. The Morgan fingerprint density at radius 2 is 2.20 bits per heavy atom. The van der Waals surface area contributed by atoms with Gasteiger partial charge in [0.2, 0.25) is 0 Å². The molecule has 3 nitrogen and oxygen atoms in total. The third-order valence-electron chi connectivity index (χ3n) is 2.89. The highest BCUT2D eigenvalue weighted by Crippen LogP contribution is 2.30. The van der Waals surface area contributed by atoms with Gasteiger partial charge in [0.05, 0.1) is 6.61 Å². The molecule has 1 aliphatic rings. The van der Waals surface area contributed by atoms with Crippen molar-refractivity contribution in [2.45, 2.75) is 20.8 Å². The van der Waals surface area contributed by atoms with Crippen LogP contribution in [0.2, 0.25) is 0 Å². The minimum atomic E-state index is -0.306. The summed E-state index contributed by atoms with van der Waals surface area (Å²) in [6, 6.07) is 0. The molecule has 0 bridgehead atoms. The van der Waals surface area contributed by atoms with Crippen molar-refractivity contribution in [3.05, 3.63) is 23.3 Å². The summed E-state index contributed by atoms with van der Waals surface area (Å²) >= 11 is 0. The summed E-state index contributed by atoms with van der Waals surface area (Å²) in [5.74, 6) is -0.0643. The summed E-state index contributed by atoms with van der Waals surface area (Å²) in [6.45, 7) is 5.72. The molecular weight excluding hydrogens is 192 g/mol. The van der Waals surface area contributed by atoms with E-state index in [1.807, 2.05) is 19.9 Å². The smallest absolute Gasteiger partial charge is 0.302 e. The third-order valence-corrected chi connectivity index (χ3v) is 2.89. The first-order valence-electron chi connectivity index (χ1n) is 5.03. The Bertz CT molecular complexity index is 326. The number of allylic oxidation sites excluding steroid dienone is 3. The lowest BCUT2D eigenvalue weighted by molar-refractivity contribution is -0.142. The molecule has 2 atom stereocenters. The topological polar surface area (TPSA) is 43.4 Å². The van der Waals surface area contributed by atoms with E-state index in [1.54, 1.807) is 6.08 Å². The minimum Gasteiger partial charge on any atom is -0.465 e. The molecule has 0 N–H and O–H groups in total. The van der Waals surface area contributed by atoms with E-state index >= 15 is 0 Å². The first kappa shape index (κ1) is 11.7. The van der Waals surface area contributed by atoms with Crippen LogP contribution in [-0.4, -0.2) is 18.9 Å². The molecule has 0 saturated heterocycles. The van der Waals surface area contributed by atoms with Gasteiger partial charge in [-0.15, -0.1) is 0 Å². The van der Waals surface area contributed by atoms with Gasteiger partial charge in [0.1, 0.15) is 6.29 Å². The fraction of sp³-hybridized carbons (Fsp3) is 0.500. The molecular formula is C12H16O3. The molecule has 0 radical (unpaired) electrons. The van der Waals surface area contributed by atoms with E-state index in [4.69, 9.17) is 4.74 Å². The number of carbonyl (C=O) groups is 2. The van der Waals surface area contributed by atoms with Gasteiger partial charge in [-0.05, 0) is 18.4 Å². The predicted octanol–water partition coefficient (Wildman–Crippen LogP) is 1.89. The SMILES string of the molecule is CC(=O)OC[C@@H]1C(C=O)=CC=C(C)C1C. The van der Waals surface area contributed by atoms with Gasteiger partial charge >= 0.3 is 5.97 Å². The van der Waals surface area contributed by atoms with Crippen LogP contribution >= 0.6 is 0 Å². The molecule has 1 aliphatic carbocycles. The number of carbonyl (C=O) groups excluding carboxylic acids is 2. The summed E-state index contributed by atoms with van der Waals surface area (Å²) in [5, 5.41) is 0. The Morgan fingerprint density at radius 3 is 2.73 bits per heavy atom. The second-order valence-electron chi connectivity index (χ2n) is 3.89. The summed E-state index contributed by atoms with van der Waals surface area (Å²) in [5.41, 5.74) is 1.91. The molecule has 0 fully saturated rings. The average Bonchev–Trinajstić information content (AvgIpc) is 2.20. The van der Waals surface area contributed by atoms with Crippen molar-refractivity contribution in [1.82, 2.24) is 0 Å². The number of hydrogen-bond donors (Lipinski definition) is 0. The third kappa shape index (κ3) is 2.78. The molecule has 0 aromatic rings. The molecule has 0 saturated carbocycles. The van der Waals surface area contributed by atoms with Crippen LogP contribution in [0, 0.1) is 11.8 Å². The Labute approximate surface area is 89.8 Å². The zero-order valence-electron chi connectivity index (χ0n) is 9.32. The lowest BCUT2D eigenvalue weighted by atomic mass is 9.80. The van der Waals surface area contributed by atoms with Gasteiger partial charge < -0.3 is 4.74 Å². The first-order valence-corrected chi connectivity index (χ1v) is 5.03. The van der Waals surface area contributed by atoms with Crippen molar-refractivity contribution in [3.8, 4) is 0 Å². The second kappa shape index (κ2) is 4.91. The normalized spacial score (nSPS) is 25.3. The quantitative estimate of drug-likeness (QED) is 0.525. The van der Waals surface area contributed by atoms with Gasteiger partial charge in [0.25, 0.3) is 0 Å². The molecule has 1 unspecified atom stereocenters. The van der Waals surface area contributed by atoms with Gasteiger partial charge in [-0.3, -0.25) is 9.59 Å². The Balaban J connectivity index is 2.76. The van der Waals surface area contributed by atoms with E-state index in [1.165, 1.54) is 12.5 Å². The standard InChI is InChI=1S/C12H16O3/c1-8-4-5-11(6-13)12(9(8)2)7-15-10(3)14/h4-6,9,12H,7H2,1-3H3/t9?,12-/m0/s1. The molecule has 15 heavy (non-hydrogen) atoms. The Hall–Kier alpha value is -1.38. The van der Waals surface area contributed by atoms with E-state index in [0.29, 0.717) is 5.57 Å². The van der Waals surface area contributed by atoms with Gasteiger partial charge in [0, 0.05) is 12.8 Å². The van der Waals surface area contributed by atoms with Crippen molar-refractivity contribution in [1.29, 1.82) is 0 Å². The average molecular weight is 208 g/mol. The summed E-state index contributed by atoms with van der Waals surface area (Å²) in [6.07, 6.45) is 4.59. The second-order valence-corrected chi connectivity index (χ2v) is 3.89. The summed E-state index contributed by atoms with van der Waals surface area (Å²) < 4.78 is 4.97. The van der Waals surface area contributed by atoms with Crippen LogP contribution in [0.4, 0.5) is 0 Å². The van der Waals surface area contributed by atoms with Crippen molar-refractivity contribution in [3.63, 3.8) is 0 Å². The minimum absolute atomic E-state index is 0.00333. The van der Waals surface area contributed by atoms with E-state index in [0.717, 1.165) is 6.29 Å². The van der Waals surface area contributed by atoms with E-state index in [-0.39, 0.29) is 24.4 Å². The fourth-order valence-corrected chi connectivity index (χ4v) is 1.68. The molecule has 0 heterocycles. The molecule has 0 aliphatic heterocycles. The summed E-state index contributed by atoms with van der Waals surface area (Å²) in [7, 11) is 0. The van der Waals surface area contributed by atoms with Crippen LogP contribution < -0.4 is 0 Å². The number of aldehydes is 1. The van der Waals surface area contributed by atoms with Crippen LogP contribution in [0.15, 0.2) is 23.3 Å². The zero-order valence-corrected chi connectivity index (χ0v) is 9.32. The van der Waals surface area contributed by atoms with Crippen LogP contribution in [0.5, 0.6) is 0 Å².